The Kier molecular flexibility index (Phi) is 7.92. The maximum absolute atomic E-state index is 11.1. The van der Waals surface area contributed by atoms with Crippen molar-refractivity contribution in [3.63, 3.8) is 0 Å². The number of hydroxylamine groups is 1. The number of aryl methyl sites for hydroxylation is 1. The van der Waals surface area contributed by atoms with Gasteiger partial charge >= 0.3 is 0 Å². The third kappa shape index (κ3) is 6.12. The van der Waals surface area contributed by atoms with Crippen LogP contribution in [-0.4, -0.2) is 27.6 Å². The van der Waals surface area contributed by atoms with E-state index in [1.807, 2.05) is 30.5 Å². The molecule has 0 aliphatic heterocycles. The van der Waals surface area contributed by atoms with Gasteiger partial charge < -0.3 is 4.90 Å². The third-order valence-electron chi connectivity index (χ3n) is 4.99. The molecule has 30 heavy (non-hydrogen) atoms. The van der Waals surface area contributed by atoms with Crippen molar-refractivity contribution in [3.8, 4) is 11.1 Å². The van der Waals surface area contributed by atoms with Gasteiger partial charge in [0.2, 0.25) is 5.91 Å². The van der Waals surface area contributed by atoms with Crippen LogP contribution in [0.15, 0.2) is 67.0 Å². The highest BCUT2D eigenvalue weighted by Crippen LogP contribution is 2.27. The smallest absolute Gasteiger partial charge is 0.243 e. The van der Waals surface area contributed by atoms with Gasteiger partial charge in [0.15, 0.2) is 0 Å². The maximum atomic E-state index is 11.1. The number of nitrogens with zero attached hydrogens (tertiary/aromatic N) is 3. The van der Waals surface area contributed by atoms with E-state index in [4.69, 9.17) is 5.21 Å². The van der Waals surface area contributed by atoms with Crippen LogP contribution < -0.4 is 10.4 Å². The molecule has 3 aromatic rings. The van der Waals surface area contributed by atoms with E-state index < -0.39 is 0 Å². The first-order valence-corrected chi connectivity index (χ1v) is 10.3. The monoisotopic (exact) mass is 404 g/mol. The fourth-order valence-corrected chi connectivity index (χ4v) is 3.32. The molecule has 156 valence electrons. The van der Waals surface area contributed by atoms with Crippen molar-refractivity contribution < 1.29 is 10.0 Å². The van der Waals surface area contributed by atoms with E-state index >= 15 is 0 Å². The molecule has 6 heteroatoms. The molecule has 0 atom stereocenters. The molecule has 0 unspecified atom stereocenters. The molecule has 1 amide bonds. The van der Waals surface area contributed by atoms with Crippen LogP contribution in [0.4, 0.5) is 11.6 Å². The van der Waals surface area contributed by atoms with E-state index in [2.05, 4.69) is 52.1 Å². The molecule has 6 nitrogen and oxygen atoms in total. The van der Waals surface area contributed by atoms with Crippen LogP contribution in [0.25, 0.3) is 11.1 Å². The predicted octanol–water partition coefficient (Wildman–Crippen LogP) is 5.05. The van der Waals surface area contributed by atoms with Gasteiger partial charge in [-0.15, -0.1) is 0 Å². The van der Waals surface area contributed by atoms with Crippen LogP contribution >= 0.6 is 0 Å². The lowest BCUT2D eigenvalue weighted by molar-refractivity contribution is -0.129. The third-order valence-corrected chi connectivity index (χ3v) is 4.99. The summed E-state index contributed by atoms with van der Waals surface area (Å²) < 4.78 is 0. The average molecular weight is 405 g/mol. The number of hydrogen-bond donors (Lipinski definition) is 2. The summed E-state index contributed by atoms with van der Waals surface area (Å²) in [6.07, 6.45) is 7.61. The minimum absolute atomic E-state index is 0.331. The molecule has 2 heterocycles. The number of carbonyl (C=O) groups excluding carboxylic acids is 1. The molecule has 2 N–H and O–H groups in total. The fraction of sp³-hybridized carbons (Fsp3) is 0.292. The van der Waals surface area contributed by atoms with Crippen molar-refractivity contribution >= 4 is 17.5 Å². The highest BCUT2D eigenvalue weighted by atomic mass is 16.5. The standard InChI is InChI=1S/C24H28N4O2/c1-19-10-12-20(13-11-19)21-14-16-26-23(18-21)28(22-8-5-6-15-25-22)17-7-3-2-4-9-24(29)27-30/h5-6,8,10-16,18,30H,2-4,7,9,17H2,1H3,(H,27,29). The number of hydrogen-bond acceptors (Lipinski definition) is 5. The van der Waals surface area contributed by atoms with Gasteiger partial charge in [-0.2, -0.15) is 0 Å². The number of anilines is 2. The number of rotatable bonds is 10. The van der Waals surface area contributed by atoms with Crippen LogP contribution in [0, 0.1) is 6.92 Å². The molecule has 0 saturated carbocycles. The molecule has 0 aliphatic rings. The zero-order chi connectivity index (χ0) is 21.2. The van der Waals surface area contributed by atoms with Gasteiger partial charge in [-0.3, -0.25) is 10.0 Å². The average Bonchev–Trinajstić information content (AvgIpc) is 2.79. The van der Waals surface area contributed by atoms with Gasteiger partial charge in [0, 0.05) is 25.4 Å². The second-order valence-corrected chi connectivity index (χ2v) is 7.31. The van der Waals surface area contributed by atoms with Crippen LogP contribution in [0.3, 0.4) is 0 Å². The summed E-state index contributed by atoms with van der Waals surface area (Å²) in [7, 11) is 0. The minimum atomic E-state index is -0.331. The molecule has 0 bridgehead atoms. The zero-order valence-corrected chi connectivity index (χ0v) is 17.3. The van der Waals surface area contributed by atoms with Gasteiger partial charge in [0.25, 0.3) is 0 Å². The Hall–Kier alpha value is -3.25. The number of amides is 1. The Morgan fingerprint density at radius 3 is 2.40 bits per heavy atom. The van der Waals surface area contributed by atoms with Crippen LogP contribution in [0.2, 0.25) is 0 Å². The summed E-state index contributed by atoms with van der Waals surface area (Å²) in [5.41, 5.74) is 5.19. The summed E-state index contributed by atoms with van der Waals surface area (Å²) in [5, 5.41) is 8.56. The number of nitrogens with one attached hydrogen (secondary N) is 1. The van der Waals surface area contributed by atoms with Crippen LogP contribution in [0.1, 0.15) is 37.7 Å². The summed E-state index contributed by atoms with van der Waals surface area (Å²) >= 11 is 0. The quantitative estimate of drug-likeness (QED) is 0.281. The van der Waals surface area contributed by atoms with Crippen molar-refractivity contribution in [2.24, 2.45) is 0 Å². The van der Waals surface area contributed by atoms with Gasteiger partial charge in [-0.1, -0.05) is 48.7 Å². The Morgan fingerprint density at radius 2 is 1.67 bits per heavy atom. The molecule has 0 fully saturated rings. The normalized spacial score (nSPS) is 10.6. The van der Waals surface area contributed by atoms with Crippen molar-refractivity contribution in [1.82, 2.24) is 15.4 Å². The SMILES string of the molecule is Cc1ccc(-c2ccnc(N(CCCCCCC(=O)NO)c3ccccn3)c2)cc1. The van der Waals surface area contributed by atoms with Crippen LogP contribution in [0.5, 0.6) is 0 Å². The Morgan fingerprint density at radius 1 is 0.900 bits per heavy atom. The molecule has 2 aromatic heterocycles. The lowest BCUT2D eigenvalue weighted by Gasteiger charge is -2.23. The van der Waals surface area contributed by atoms with Gasteiger partial charge in [0.1, 0.15) is 11.6 Å². The Labute approximate surface area is 177 Å². The van der Waals surface area contributed by atoms with Crippen molar-refractivity contribution in [3.05, 3.63) is 72.6 Å². The summed E-state index contributed by atoms with van der Waals surface area (Å²) in [6, 6.07) is 18.5. The Balaban J connectivity index is 1.71. The molecular formula is C24H28N4O2. The predicted molar refractivity (Wildman–Crippen MR) is 119 cm³/mol. The van der Waals surface area contributed by atoms with E-state index in [0.717, 1.165) is 55.0 Å². The second-order valence-electron chi connectivity index (χ2n) is 7.31. The molecule has 0 aliphatic carbocycles. The minimum Gasteiger partial charge on any atom is -0.311 e. The van der Waals surface area contributed by atoms with Crippen molar-refractivity contribution in [2.45, 2.75) is 39.0 Å². The summed E-state index contributed by atoms with van der Waals surface area (Å²) in [5.74, 6) is 1.40. The maximum Gasteiger partial charge on any atom is 0.243 e. The summed E-state index contributed by atoms with van der Waals surface area (Å²) in [6.45, 7) is 2.87. The van der Waals surface area contributed by atoms with E-state index in [0.29, 0.717) is 6.42 Å². The largest absolute Gasteiger partial charge is 0.311 e. The molecule has 0 saturated heterocycles. The molecule has 0 radical (unpaired) electrons. The lowest BCUT2D eigenvalue weighted by atomic mass is 10.1. The first-order valence-electron chi connectivity index (χ1n) is 10.3. The van der Waals surface area contributed by atoms with Crippen molar-refractivity contribution in [2.75, 3.05) is 11.4 Å². The number of unbranched alkanes of at least 4 members (excludes halogenated alkanes) is 3. The molecule has 1 aromatic carbocycles. The van der Waals surface area contributed by atoms with E-state index in [-0.39, 0.29) is 5.91 Å². The molecule has 3 rings (SSSR count). The second kappa shape index (κ2) is 11.1. The highest BCUT2D eigenvalue weighted by molar-refractivity contribution is 5.74. The fourth-order valence-electron chi connectivity index (χ4n) is 3.32. The molecular weight excluding hydrogens is 376 g/mol. The summed E-state index contributed by atoms with van der Waals surface area (Å²) in [4.78, 5) is 22.4. The topological polar surface area (TPSA) is 78.4 Å². The Bertz CT molecular complexity index is 929. The lowest BCUT2D eigenvalue weighted by Crippen LogP contribution is -2.21. The first-order chi connectivity index (χ1) is 14.7. The molecule has 0 spiro atoms. The zero-order valence-electron chi connectivity index (χ0n) is 17.3. The number of pyridine rings is 2. The van der Waals surface area contributed by atoms with E-state index in [9.17, 15) is 4.79 Å². The van der Waals surface area contributed by atoms with Gasteiger partial charge in [-0.25, -0.2) is 15.4 Å². The first kappa shape index (κ1) is 21.5. The highest BCUT2D eigenvalue weighted by Gasteiger charge is 2.13. The van der Waals surface area contributed by atoms with Gasteiger partial charge in [0.05, 0.1) is 0 Å². The number of aromatic nitrogens is 2. The van der Waals surface area contributed by atoms with Gasteiger partial charge in [-0.05, 0) is 55.2 Å². The van der Waals surface area contributed by atoms with Crippen LogP contribution in [-0.2, 0) is 4.79 Å². The number of benzene rings is 1. The van der Waals surface area contributed by atoms with E-state index in [1.54, 1.807) is 11.7 Å². The van der Waals surface area contributed by atoms with Crippen molar-refractivity contribution in [1.29, 1.82) is 0 Å². The number of carbonyl (C=O) groups is 1. The van der Waals surface area contributed by atoms with E-state index in [1.165, 1.54) is 5.56 Å².